The molecule has 0 aliphatic heterocycles. The van der Waals surface area contributed by atoms with Crippen molar-refractivity contribution in [3.8, 4) is 0 Å². The van der Waals surface area contributed by atoms with Crippen molar-refractivity contribution in [2.75, 3.05) is 0 Å². The van der Waals surface area contributed by atoms with E-state index in [1.54, 1.807) is 26.0 Å². The lowest BCUT2D eigenvalue weighted by molar-refractivity contribution is -0.140. The first-order valence-corrected chi connectivity index (χ1v) is 3.80. The van der Waals surface area contributed by atoms with Crippen LogP contribution < -0.4 is 0 Å². The van der Waals surface area contributed by atoms with Gasteiger partial charge < -0.3 is 9.84 Å². The van der Waals surface area contributed by atoms with Gasteiger partial charge in [-0.1, -0.05) is 6.08 Å². The Morgan fingerprint density at radius 3 is 2.46 bits per heavy atom. The van der Waals surface area contributed by atoms with Gasteiger partial charge in [-0.25, -0.2) is 9.59 Å². The van der Waals surface area contributed by atoms with Gasteiger partial charge in [0.05, 0.1) is 0 Å². The first-order chi connectivity index (χ1) is 6.06. The summed E-state index contributed by atoms with van der Waals surface area (Å²) in [4.78, 5) is 20.8. The molecule has 0 aromatic rings. The van der Waals surface area contributed by atoms with Crippen LogP contribution >= 0.6 is 0 Å². The van der Waals surface area contributed by atoms with Crippen LogP contribution in [0.4, 0.5) is 0 Å². The highest BCUT2D eigenvalue weighted by Crippen LogP contribution is 1.94. The second-order valence-electron chi connectivity index (χ2n) is 2.34. The molecule has 0 bridgehead atoms. The van der Waals surface area contributed by atoms with Crippen molar-refractivity contribution in [3.05, 3.63) is 24.3 Å². The van der Waals surface area contributed by atoms with Crippen molar-refractivity contribution in [2.45, 2.75) is 20.0 Å². The van der Waals surface area contributed by atoms with Gasteiger partial charge in [0.25, 0.3) is 0 Å². The molecule has 0 spiro atoms. The maximum Gasteiger partial charge on any atom is 0.331 e. The summed E-state index contributed by atoms with van der Waals surface area (Å²) in [7, 11) is 0. The molecule has 1 atom stereocenters. The number of esters is 1. The van der Waals surface area contributed by atoms with Gasteiger partial charge in [0.15, 0.2) is 0 Å². The predicted molar refractivity (Wildman–Crippen MR) is 47.1 cm³/mol. The van der Waals surface area contributed by atoms with Gasteiger partial charge in [0, 0.05) is 12.2 Å². The smallest absolute Gasteiger partial charge is 0.331 e. The SMILES string of the molecule is CC=CC(C)OC(=O)/C=C\C(=O)O. The Bertz CT molecular complexity index is 240. The van der Waals surface area contributed by atoms with Gasteiger partial charge in [-0.15, -0.1) is 0 Å². The monoisotopic (exact) mass is 184 g/mol. The number of allylic oxidation sites excluding steroid dienone is 1. The van der Waals surface area contributed by atoms with Gasteiger partial charge in [0.2, 0.25) is 0 Å². The van der Waals surface area contributed by atoms with Gasteiger partial charge in [-0.3, -0.25) is 0 Å². The summed E-state index contributed by atoms with van der Waals surface area (Å²) in [5.74, 6) is -1.83. The summed E-state index contributed by atoms with van der Waals surface area (Å²) in [6.45, 7) is 3.49. The van der Waals surface area contributed by atoms with Crippen molar-refractivity contribution in [1.29, 1.82) is 0 Å². The van der Waals surface area contributed by atoms with Crippen LogP contribution in [0.2, 0.25) is 0 Å². The summed E-state index contributed by atoms with van der Waals surface area (Å²) in [5.41, 5.74) is 0. The van der Waals surface area contributed by atoms with Crippen LogP contribution in [0.1, 0.15) is 13.8 Å². The Labute approximate surface area is 76.5 Å². The minimum Gasteiger partial charge on any atom is -0.478 e. The summed E-state index contributed by atoms with van der Waals surface area (Å²) >= 11 is 0. The first kappa shape index (κ1) is 11.4. The van der Waals surface area contributed by atoms with Gasteiger partial charge in [0.1, 0.15) is 6.10 Å². The van der Waals surface area contributed by atoms with Crippen molar-refractivity contribution in [3.63, 3.8) is 0 Å². The third-order valence-electron chi connectivity index (χ3n) is 1.13. The lowest BCUT2D eigenvalue weighted by atomic mass is 10.3. The summed E-state index contributed by atoms with van der Waals surface area (Å²) in [6, 6.07) is 0. The predicted octanol–water partition coefficient (Wildman–Crippen LogP) is 1.14. The van der Waals surface area contributed by atoms with E-state index in [0.717, 1.165) is 12.2 Å². The fraction of sp³-hybridized carbons (Fsp3) is 0.333. The lowest BCUT2D eigenvalue weighted by Gasteiger charge is -2.05. The highest BCUT2D eigenvalue weighted by molar-refractivity contribution is 5.90. The van der Waals surface area contributed by atoms with E-state index in [-0.39, 0.29) is 6.10 Å². The topological polar surface area (TPSA) is 63.6 Å². The highest BCUT2D eigenvalue weighted by atomic mass is 16.5. The number of carbonyl (C=O) groups is 2. The molecule has 0 amide bonds. The van der Waals surface area contributed by atoms with Gasteiger partial charge >= 0.3 is 11.9 Å². The second-order valence-corrected chi connectivity index (χ2v) is 2.34. The molecule has 1 N–H and O–H groups in total. The van der Waals surface area contributed by atoms with Crippen LogP contribution in [0.3, 0.4) is 0 Å². The molecule has 4 heteroatoms. The Morgan fingerprint density at radius 1 is 1.38 bits per heavy atom. The summed E-state index contributed by atoms with van der Waals surface area (Å²) in [5, 5.41) is 8.19. The average Bonchev–Trinajstić information content (AvgIpc) is 2.01. The standard InChI is InChI=1S/C9H12O4/c1-3-4-7(2)13-9(12)6-5-8(10)11/h3-7H,1-2H3,(H,10,11)/b4-3?,6-5-. The third-order valence-corrected chi connectivity index (χ3v) is 1.13. The van der Waals surface area contributed by atoms with Gasteiger partial charge in [-0.2, -0.15) is 0 Å². The number of rotatable bonds is 4. The molecule has 13 heavy (non-hydrogen) atoms. The second kappa shape index (κ2) is 5.99. The van der Waals surface area contributed by atoms with Crippen LogP contribution in [0.25, 0.3) is 0 Å². The molecule has 0 radical (unpaired) electrons. The van der Waals surface area contributed by atoms with E-state index in [2.05, 4.69) is 0 Å². The number of ether oxygens (including phenoxy) is 1. The van der Waals surface area contributed by atoms with Crippen molar-refractivity contribution in [1.82, 2.24) is 0 Å². The average molecular weight is 184 g/mol. The Kier molecular flexibility index (Phi) is 5.27. The van der Waals surface area contributed by atoms with Crippen molar-refractivity contribution in [2.24, 2.45) is 0 Å². The molecule has 4 nitrogen and oxygen atoms in total. The molecule has 0 aliphatic rings. The molecule has 0 rings (SSSR count). The quantitative estimate of drug-likeness (QED) is 0.404. The van der Waals surface area contributed by atoms with E-state index < -0.39 is 11.9 Å². The van der Waals surface area contributed by atoms with E-state index in [0.29, 0.717) is 0 Å². The van der Waals surface area contributed by atoms with Crippen LogP contribution in [-0.2, 0) is 14.3 Å². The van der Waals surface area contributed by atoms with E-state index >= 15 is 0 Å². The molecule has 0 aliphatic carbocycles. The molecule has 0 saturated heterocycles. The molecule has 0 saturated carbocycles. The molecule has 1 unspecified atom stereocenters. The number of aliphatic carboxylic acids is 1. The number of hydrogen-bond acceptors (Lipinski definition) is 3. The zero-order valence-electron chi connectivity index (χ0n) is 7.56. The van der Waals surface area contributed by atoms with E-state index in [1.807, 2.05) is 0 Å². The lowest BCUT2D eigenvalue weighted by Crippen LogP contribution is -2.10. The normalized spacial score (nSPS) is 13.4. The Morgan fingerprint density at radius 2 is 2.00 bits per heavy atom. The molecule has 72 valence electrons. The fourth-order valence-corrected chi connectivity index (χ4v) is 0.672. The third kappa shape index (κ3) is 6.80. The number of carbonyl (C=O) groups excluding carboxylic acids is 1. The van der Waals surface area contributed by atoms with Crippen molar-refractivity contribution >= 4 is 11.9 Å². The van der Waals surface area contributed by atoms with E-state index in [1.165, 1.54) is 0 Å². The maximum absolute atomic E-state index is 10.8. The minimum atomic E-state index is -1.17. The Hall–Kier alpha value is -1.58. The fourth-order valence-electron chi connectivity index (χ4n) is 0.672. The van der Waals surface area contributed by atoms with Crippen LogP contribution in [-0.4, -0.2) is 23.1 Å². The molecule has 0 aromatic heterocycles. The Balaban J connectivity index is 3.94. The molecule has 0 fully saturated rings. The van der Waals surface area contributed by atoms with Gasteiger partial charge in [-0.05, 0) is 19.9 Å². The maximum atomic E-state index is 10.8. The molecule has 0 aromatic carbocycles. The van der Waals surface area contributed by atoms with E-state index in [9.17, 15) is 9.59 Å². The van der Waals surface area contributed by atoms with Crippen LogP contribution in [0, 0.1) is 0 Å². The highest BCUT2D eigenvalue weighted by Gasteiger charge is 2.02. The number of carboxylic acid groups (broad SMARTS) is 1. The molecular formula is C9H12O4. The van der Waals surface area contributed by atoms with E-state index in [4.69, 9.17) is 9.84 Å². The number of carboxylic acids is 1. The van der Waals surface area contributed by atoms with Crippen LogP contribution in [0.5, 0.6) is 0 Å². The van der Waals surface area contributed by atoms with Crippen molar-refractivity contribution < 1.29 is 19.4 Å². The molecular weight excluding hydrogens is 172 g/mol. The van der Waals surface area contributed by atoms with Crippen LogP contribution in [0.15, 0.2) is 24.3 Å². The zero-order valence-corrected chi connectivity index (χ0v) is 7.56. The largest absolute Gasteiger partial charge is 0.478 e. The first-order valence-electron chi connectivity index (χ1n) is 3.80. The summed E-state index contributed by atoms with van der Waals surface area (Å²) in [6.07, 6.45) is 4.72. The summed E-state index contributed by atoms with van der Waals surface area (Å²) < 4.78 is 4.77. The zero-order chi connectivity index (χ0) is 10.3. The number of hydrogen-bond donors (Lipinski definition) is 1. The minimum absolute atomic E-state index is 0.337. The molecule has 0 heterocycles.